The van der Waals surface area contributed by atoms with Crippen LogP contribution in [0.1, 0.15) is 25.7 Å². The van der Waals surface area contributed by atoms with Crippen molar-refractivity contribution in [2.24, 2.45) is 0 Å². The predicted octanol–water partition coefficient (Wildman–Crippen LogP) is 6.16. The van der Waals surface area contributed by atoms with Crippen LogP contribution in [0, 0.1) is 23.0 Å². The van der Waals surface area contributed by atoms with Crippen molar-refractivity contribution in [1.29, 1.82) is 5.26 Å². The summed E-state index contributed by atoms with van der Waals surface area (Å²) in [7, 11) is 0. The molecule has 9 nitrogen and oxygen atoms in total. The highest BCUT2D eigenvalue weighted by Gasteiger charge is 2.49. The smallest absolute Gasteiger partial charge is 0.319 e. The van der Waals surface area contributed by atoms with Gasteiger partial charge in [0.05, 0.1) is 29.1 Å². The number of aromatic nitrogens is 2. The fourth-order valence-electron chi connectivity index (χ4n) is 7.66. The van der Waals surface area contributed by atoms with E-state index >= 15 is 8.78 Å². The van der Waals surface area contributed by atoms with Gasteiger partial charge in [0, 0.05) is 54.5 Å². The highest BCUT2D eigenvalue weighted by molar-refractivity contribution is 6.35. The SMILES string of the molecule is C=CC(=O)N1CCN(c2nc(OC[C@@]34CCCN3C[C@H](F)C4)nc3c(F)c(-c4cc(O)cc5cccc(F)c45)c(Cl)cc23)C[C@@H]1CC#N. The molecule has 7 rings (SSSR count). The van der Waals surface area contributed by atoms with E-state index in [0.29, 0.717) is 18.4 Å². The van der Waals surface area contributed by atoms with Gasteiger partial charge in [-0.05, 0) is 55.1 Å². The van der Waals surface area contributed by atoms with Crippen molar-refractivity contribution in [1.82, 2.24) is 19.8 Å². The van der Waals surface area contributed by atoms with Gasteiger partial charge in [0.15, 0.2) is 5.82 Å². The highest BCUT2D eigenvalue weighted by atomic mass is 35.5. The standard InChI is InChI=1S/C35H32ClF3N6O3/c1-2-28(47)45-12-11-43(18-22(45)7-9-40)33-25-15-26(36)30(24-14-23(46)13-20-5-3-6-27(38)29(20)24)31(39)32(25)41-34(42-33)48-19-35-8-4-10-44(35)17-21(37)16-35/h2-3,5-6,13-15,21-22,46H,1,4,7-8,10-12,16-19H2/t21-,22+,35+/m1/s1. The number of anilines is 1. The molecule has 4 aromatic rings. The first kappa shape index (κ1) is 32.0. The predicted molar refractivity (Wildman–Crippen MR) is 176 cm³/mol. The molecule has 248 valence electrons. The summed E-state index contributed by atoms with van der Waals surface area (Å²) in [5.41, 5.74) is -0.791. The van der Waals surface area contributed by atoms with Crippen molar-refractivity contribution in [2.45, 2.75) is 43.4 Å². The Hall–Kier alpha value is -4.60. The van der Waals surface area contributed by atoms with Crippen molar-refractivity contribution in [3.63, 3.8) is 0 Å². The van der Waals surface area contributed by atoms with Gasteiger partial charge in [-0.3, -0.25) is 9.69 Å². The Balaban J connectivity index is 1.37. The van der Waals surface area contributed by atoms with Crippen LogP contribution in [0.15, 0.2) is 49.1 Å². The summed E-state index contributed by atoms with van der Waals surface area (Å²) in [6.07, 6.45) is 2.22. The molecular formula is C35H32ClF3N6O3. The lowest BCUT2D eigenvalue weighted by molar-refractivity contribution is -0.128. The van der Waals surface area contributed by atoms with E-state index in [9.17, 15) is 19.6 Å². The van der Waals surface area contributed by atoms with E-state index in [1.54, 1.807) is 11.0 Å². The number of amides is 1. The second kappa shape index (κ2) is 12.5. The molecule has 0 unspecified atom stereocenters. The molecule has 3 aliphatic heterocycles. The molecule has 1 amide bonds. The third-order valence-corrected chi connectivity index (χ3v) is 10.1. The average Bonchev–Trinajstić information content (AvgIpc) is 3.59. The summed E-state index contributed by atoms with van der Waals surface area (Å²) >= 11 is 6.78. The second-order valence-corrected chi connectivity index (χ2v) is 13.1. The molecule has 0 aliphatic carbocycles. The Labute approximate surface area is 279 Å². The number of hydrogen-bond acceptors (Lipinski definition) is 8. The zero-order valence-corrected chi connectivity index (χ0v) is 26.7. The van der Waals surface area contributed by atoms with Crippen LogP contribution in [-0.4, -0.2) is 87.9 Å². The molecule has 13 heteroatoms. The topological polar surface area (TPSA) is 106 Å². The molecule has 0 saturated carbocycles. The second-order valence-electron chi connectivity index (χ2n) is 12.7. The van der Waals surface area contributed by atoms with E-state index in [1.165, 1.54) is 36.4 Å². The zero-order valence-electron chi connectivity index (χ0n) is 25.9. The maximum Gasteiger partial charge on any atom is 0.319 e. The van der Waals surface area contributed by atoms with E-state index in [4.69, 9.17) is 21.3 Å². The molecule has 4 heterocycles. The third-order valence-electron chi connectivity index (χ3n) is 9.82. The van der Waals surface area contributed by atoms with Crippen molar-refractivity contribution < 1.29 is 27.8 Å². The molecular weight excluding hydrogens is 645 g/mol. The summed E-state index contributed by atoms with van der Waals surface area (Å²) in [5.74, 6) is -1.73. The first-order chi connectivity index (χ1) is 23.1. The number of aromatic hydroxyl groups is 1. The molecule has 1 N–H and O–H groups in total. The van der Waals surface area contributed by atoms with Crippen LogP contribution in [0.25, 0.3) is 32.8 Å². The fraction of sp³-hybridized carbons (Fsp3) is 0.371. The van der Waals surface area contributed by atoms with Crippen molar-refractivity contribution >= 4 is 45.0 Å². The summed E-state index contributed by atoms with van der Waals surface area (Å²) in [5, 5.41) is 20.6. The number of phenolic OH excluding ortho intramolecular Hbond substituents is 1. The van der Waals surface area contributed by atoms with Crippen molar-refractivity contribution in [3.05, 3.63) is 65.7 Å². The first-order valence-corrected chi connectivity index (χ1v) is 16.2. The minimum absolute atomic E-state index is 0.0423. The van der Waals surface area contributed by atoms with E-state index in [0.717, 1.165) is 19.4 Å². The molecule has 3 aliphatic rings. The van der Waals surface area contributed by atoms with E-state index < -0.39 is 29.4 Å². The zero-order chi connectivity index (χ0) is 33.7. The third kappa shape index (κ3) is 5.44. The molecule has 0 spiro atoms. The van der Waals surface area contributed by atoms with E-state index in [-0.39, 0.29) is 88.6 Å². The summed E-state index contributed by atoms with van der Waals surface area (Å²) < 4.78 is 52.9. The monoisotopic (exact) mass is 676 g/mol. The van der Waals surface area contributed by atoms with Crippen molar-refractivity contribution in [2.75, 3.05) is 44.2 Å². The van der Waals surface area contributed by atoms with Gasteiger partial charge in [-0.25, -0.2) is 13.2 Å². The number of benzene rings is 3. The Morgan fingerprint density at radius 1 is 1.21 bits per heavy atom. The Morgan fingerprint density at radius 2 is 2.04 bits per heavy atom. The number of carbonyl (C=O) groups is 1. The normalized spacial score (nSPS) is 22.6. The maximum absolute atomic E-state index is 16.9. The van der Waals surface area contributed by atoms with E-state index in [2.05, 4.69) is 22.5 Å². The Kier molecular flexibility index (Phi) is 8.29. The number of alkyl halides is 1. The van der Waals surface area contributed by atoms with Gasteiger partial charge >= 0.3 is 6.01 Å². The van der Waals surface area contributed by atoms with E-state index in [1.807, 2.05) is 4.90 Å². The quantitative estimate of drug-likeness (QED) is 0.232. The van der Waals surface area contributed by atoms with Gasteiger partial charge in [-0.2, -0.15) is 15.2 Å². The van der Waals surface area contributed by atoms with Crippen LogP contribution < -0.4 is 9.64 Å². The Morgan fingerprint density at radius 3 is 2.83 bits per heavy atom. The number of halogens is 4. The number of nitrogens with zero attached hydrogens (tertiary/aromatic N) is 6. The largest absolute Gasteiger partial charge is 0.508 e. The van der Waals surface area contributed by atoms with Crippen LogP contribution in [0.4, 0.5) is 19.0 Å². The molecule has 3 fully saturated rings. The number of ether oxygens (including phenoxy) is 1. The van der Waals surface area contributed by atoms with Gasteiger partial charge < -0.3 is 19.6 Å². The van der Waals surface area contributed by atoms with Gasteiger partial charge in [-0.15, -0.1) is 0 Å². The number of piperazine rings is 1. The number of hydrogen-bond donors (Lipinski definition) is 1. The van der Waals surface area contributed by atoms with Crippen LogP contribution in [-0.2, 0) is 4.79 Å². The van der Waals surface area contributed by atoms with Gasteiger partial charge in [0.25, 0.3) is 0 Å². The number of rotatable bonds is 7. The fourth-order valence-corrected chi connectivity index (χ4v) is 7.95. The lowest BCUT2D eigenvalue weighted by Gasteiger charge is -2.41. The van der Waals surface area contributed by atoms with Gasteiger partial charge in [0.2, 0.25) is 5.91 Å². The number of carbonyl (C=O) groups excluding carboxylic acids is 1. The molecule has 48 heavy (non-hydrogen) atoms. The van der Waals surface area contributed by atoms with Crippen molar-refractivity contribution in [3.8, 4) is 29.0 Å². The van der Waals surface area contributed by atoms with Crippen LogP contribution >= 0.6 is 11.6 Å². The minimum Gasteiger partial charge on any atom is -0.508 e. The van der Waals surface area contributed by atoms with Gasteiger partial charge in [0.1, 0.15) is 35.7 Å². The molecule has 3 saturated heterocycles. The first-order valence-electron chi connectivity index (χ1n) is 15.8. The molecule has 0 radical (unpaired) electrons. The highest BCUT2D eigenvalue weighted by Crippen LogP contribution is 2.44. The molecule has 3 atom stereocenters. The number of fused-ring (bicyclic) bond motifs is 3. The maximum atomic E-state index is 16.9. The molecule has 3 aromatic carbocycles. The molecule has 1 aromatic heterocycles. The summed E-state index contributed by atoms with van der Waals surface area (Å²) in [6.45, 7) is 5.49. The lowest BCUT2D eigenvalue weighted by atomic mass is 9.95. The molecule has 0 bridgehead atoms. The van der Waals surface area contributed by atoms with Crippen LogP contribution in [0.5, 0.6) is 11.8 Å². The Bertz CT molecular complexity index is 2010. The number of nitriles is 1. The summed E-state index contributed by atoms with van der Waals surface area (Å²) in [4.78, 5) is 27.3. The minimum atomic E-state index is -0.978. The van der Waals surface area contributed by atoms with Crippen LogP contribution in [0.3, 0.4) is 0 Å². The average molecular weight is 677 g/mol. The lowest BCUT2D eigenvalue weighted by Crippen LogP contribution is -2.55. The number of phenols is 1. The van der Waals surface area contributed by atoms with Gasteiger partial charge in [-0.1, -0.05) is 30.3 Å². The van der Waals surface area contributed by atoms with Crippen LogP contribution in [0.2, 0.25) is 5.02 Å². The summed E-state index contributed by atoms with van der Waals surface area (Å²) in [6, 6.07) is 9.96.